The van der Waals surface area contributed by atoms with Crippen LogP contribution in [0.25, 0.3) is 0 Å². The molecule has 0 aromatic heterocycles. The Morgan fingerprint density at radius 1 is 0.893 bits per heavy atom. The topological polar surface area (TPSA) is 49.9 Å². The van der Waals surface area contributed by atoms with Crippen LogP contribution >= 0.6 is 0 Å². The summed E-state index contributed by atoms with van der Waals surface area (Å²) >= 11 is 0. The SMILES string of the molecule is O=C1CCCN(C(=O)OCCN(Cc2ccccc2)Cc2ccccc2)CC1. The zero-order valence-corrected chi connectivity index (χ0v) is 16.3. The molecular weight excluding hydrogens is 352 g/mol. The predicted molar refractivity (Wildman–Crippen MR) is 109 cm³/mol. The van der Waals surface area contributed by atoms with Gasteiger partial charge in [0.05, 0.1) is 0 Å². The molecule has 1 fully saturated rings. The van der Waals surface area contributed by atoms with E-state index in [-0.39, 0.29) is 11.9 Å². The summed E-state index contributed by atoms with van der Waals surface area (Å²) < 4.78 is 5.51. The van der Waals surface area contributed by atoms with Crippen molar-refractivity contribution in [1.82, 2.24) is 9.80 Å². The van der Waals surface area contributed by atoms with Crippen LogP contribution in [-0.4, -0.2) is 47.9 Å². The second-order valence-electron chi connectivity index (χ2n) is 7.18. The van der Waals surface area contributed by atoms with E-state index < -0.39 is 0 Å². The second-order valence-corrected chi connectivity index (χ2v) is 7.18. The lowest BCUT2D eigenvalue weighted by atomic mass is 10.1. The minimum Gasteiger partial charge on any atom is -0.448 e. The third-order valence-corrected chi connectivity index (χ3v) is 4.93. The van der Waals surface area contributed by atoms with Crippen molar-refractivity contribution in [3.63, 3.8) is 0 Å². The highest BCUT2D eigenvalue weighted by Gasteiger charge is 2.20. The molecule has 0 spiro atoms. The van der Waals surface area contributed by atoms with E-state index in [1.54, 1.807) is 4.90 Å². The van der Waals surface area contributed by atoms with Gasteiger partial charge in [-0.25, -0.2) is 4.79 Å². The number of amides is 1. The first-order chi connectivity index (χ1) is 13.7. The molecule has 0 unspecified atom stereocenters. The molecule has 5 heteroatoms. The number of carbonyl (C=O) groups excluding carboxylic acids is 2. The first-order valence-electron chi connectivity index (χ1n) is 9.94. The Hall–Kier alpha value is -2.66. The normalized spacial score (nSPS) is 14.8. The zero-order chi connectivity index (χ0) is 19.6. The van der Waals surface area contributed by atoms with Crippen LogP contribution in [0.2, 0.25) is 0 Å². The second kappa shape index (κ2) is 10.6. The lowest BCUT2D eigenvalue weighted by Gasteiger charge is -2.24. The minimum atomic E-state index is -0.311. The molecule has 2 aromatic carbocycles. The molecule has 0 saturated carbocycles. The highest BCUT2D eigenvalue weighted by atomic mass is 16.6. The van der Waals surface area contributed by atoms with E-state index in [1.807, 2.05) is 36.4 Å². The number of rotatable bonds is 7. The summed E-state index contributed by atoms with van der Waals surface area (Å²) in [5.74, 6) is 0.229. The molecule has 3 rings (SSSR count). The van der Waals surface area contributed by atoms with E-state index in [4.69, 9.17) is 4.74 Å². The molecule has 1 saturated heterocycles. The lowest BCUT2D eigenvalue weighted by molar-refractivity contribution is -0.118. The Bertz CT molecular complexity index is 707. The molecule has 1 amide bonds. The van der Waals surface area contributed by atoms with Crippen LogP contribution in [0.4, 0.5) is 4.79 Å². The van der Waals surface area contributed by atoms with Crippen LogP contribution < -0.4 is 0 Å². The van der Waals surface area contributed by atoms with Gasteiger partial charge in [-0.3, -0.25) is 9.69 Å². The number of ether oxygens (including phenoxy) is 1. The van der Waals surface area contributed by atoms with Crippen LogP contribution in [0.3, 0.4) is 0 Å². The zero-order valence-electron chi connectivity index (χ0n) is 16.3. The largest absolute Gasteiger partial charge is 0.448 e. The molecule has 1 heterocycles. The molecule has 2 aromatic rings. The van der Waals surface area contributed by atoms with Gasteiger partial charge in [0, 0.05) is 45.6 Å². The van der Waals surface area contributed by atoms with Crippen molar-refractivity contribution in [3.8, 4) is 0 Å². The van der Waals surface area contributed by atoms with E-state index in [9.17, 15) is 9.59 Å². The molecule has 0 bridgehead atoms. The molecule has 1 aliphatic heterocycles. The molecule has 148 valence electrons. The third-order valence-electron chi connectivity index (χ3n) is 4.93. The van der Waals surface area contributed by atoms with E-state index in [0.717, 1.165) is 19.5 Å². The number of benzene rings is 2. The summed E-state index contributed by atoms with van der Waals surface area (Å²) in [6.07, 6.45) is 1.41. The van der Waals surface area contributed by atoms with Crippen LogP contribution in [0.1, 0.15) is 30.4 Å². The fraction of sp³-hybridized carbons (Fsp3) is 0.391. The Morgan fingerprint density at radius 2 is 1.50 bits per heavy atom. The number of ketones is 1. The van der Waals surface area contributed by atoms with Crippen molar-refractivity contribution in [2.75, 3.05) is 26.2 Å². The van der Waals surface area contributed by atoms with Gasteiger partial charge < -0.3 is 9.64 Å². The van der Waals surface area contributed by atoms with Crippen LogP contribution in [0.15, 0.2) is 60.7 Å². The summed E-state index contributed by atoms with van der Waals surface area (Å²) in [6.45, 7) is 3.65. The Morgan fingerprint density at radius 3 is 2.11 bits per heavy atom. The third kappa shape index (κ3) is 6.50. The summed E-state index contributed by atoms with van der Waals surface area (Å²) in [4.78, 5) is 27.8. The summed E-state index contributed by atoms with van der Waals surface area (Å²) in [7, 11) is 0. The van der Waals surface area contributed by atoms with E-state index >= 15 is 0 Å². The Kier molecular flexibility index (Phi) is 7.62. The Balaban J connectivity index is 1.53. The molecule has 5 nitrogen and oxygen atoms in total. The average molecular weight is 380 g/mol. The summed E-state index contributed by atoms with van der Waals surface area (Å²) in [5.41, 5.74) is 2.46. The molecule has 28 heavy (non-hydrogen) atoms. The van der Waals surface area contributed by atoms with Crippen molar-refractivity contribution >= 4 is 11.9 Å². The Labute approximate surface area is 166 Å². The standard InChI is InChI=1S/C23H28N2O3/c26-22-12-7-14-25(15-13-22)23(27)28-17-16-24(18-20-8-3-1-4-9-20)19-21-10-5-2-6-11-21/h1-6,8-11H,7,12-19H2. The smallest absolute Gasteiger partial charge is 0.409 e. The van der Waals surface area contributed by atoms with Gasteiger partial charge in [-0.1, -0.05) is 60.7 Å². The molecule has 0 N–H and O–H groups in total. The highest BCUT2D eigenvalue weighted by molar-refractivity contribution is 5.79. The number of hydrogen-bond donors (Lipinski definition) is 0. The van der Waals surface area contributed by atoms with Crippen molar-refractivity contribution in [2.45, 2.75) is 32.4 Å². The maximum absolute atomic E-state index is 12.3. The monoisotopic (exact) mass is 380 g/mol. The fourth-order valence-electron chi connectivity index (χ4n) is 3.40. The van der Waals surface area contributed by atoms with Gasteiger partial charge in [0.2, 0.25) is 0 Å². The summed E-state index contributed by atoms with van der Waals surface area (Å²) in [6, 6.07) is 20.6. The number of Topliss-reactive ketones (excluding diaryl/α,β-unsaturated/α-hetero) is 1. The van der Waals surface area contributed by atoms with E-state index in [0.29, 0.717) is 39.1 Å². The maximum Gasteiger partial charge on any atom is 0.409 e. The molecular formula is C23H28N2O3. The van der Waals surface area contributed by atoms with Crippen LogP contribution in [0, 0.1) is 0 Å². The fourth-order valence-corrected chi connectivity index (χ4v) is 3.40. The molecule has 0 atom stereocenters. The first kappa shape index (κ1) is 20.1. The number of nitrogens with zero attached hydrogens (tertiary/aromatic N) is 2. The van der Waals surface area contributed by atoms with Crippen molar-refractivity contribution in [3.05, 3.63) is 71.8 Å². The van der Waals surface area contributed by atoms with Crippen LogP contribution in [0.5, 0.6) is 0 Å². The van der Waals surface area contributed by atoms with Crippen molar-refractivity contribution in [2.24, 2.45) is 0 Å². The van der Waals surface area contributed by atoms with Gasteiger partial charge in [-0.15, -0.1) is 0 Å². The van der Waals surface area contributed by atoms with E-state index in [2.05, 4.69) is 29.2 Å². The van der Waals surface area contributed by atoms with E-state index in [1.165, 1.54) is 11.1 Å². The first-order valence-corrected chi connectivity index (χ1v) is 9.94. The molecule has 0 aliphatic carbocycles. The number of hydrogen-bond acceptors (Lipinski definition) is 4. The number of likely N-dealkylation sites (tertiary alicyclic amines) is 1. The van der Waals surface area contributed by atoms with Gasteiger partial charge in [0.25, 0.3) is 0 Å². The van der Waals surface area contributed by atoms with Gasteiger partial charge in [-0.2, -0.15) is 0 Å². The van der Waals surface area contributed by atoms with Crippen molar-refractivity contribution in [1.29, 1.82) is 0 Å². The van der Waals surface area contributed by atoms with Crippen molar-refractivity contribution < 1.29 is 14.3 Å². The van der Waals surface area contributed by atoms with Gasteiger partial charge in [-0.05, 0) is 17.5 Å². The molecule has 0 radical (unpaired) electrons. The van der Waals surface area contributed by atoms with Gasteiger partial charge in [0.15, 0.2) is 0 Å². The minimum absolute atomic E-state index is 0.229. The van der Waals surface area contributed by atoms with Gasteiger partial charge in [0.1, 0.15) is 12.4 Å². The number of carbonyl (C=O) groups is 2. The van der Waals surface area contributed by atoms with Crippen LogP contribution in [-0.2, 0) is 22.6 Å². The average Bonchev–Trinajstić information content (AvgIpc) is 2.94. The quantitative estimate of drug-likeness (QED) is 0.731. The highest BCUT2D eigenvalue weighted by Crippen LogP contribution is 2.11. The maximum atomic E-state index is 12.3. The lowest BCUT2D eigenvalue weighted by Crippen LogP contribution is -2.35. The molecule has 1 aliphatic rings. The summed E-state index contributed by atoms with van der Waals surface area (Å²) in [5, 5.41) is 0. The predicted octanol–water partition coefficient (Wildman–Crippen LogP) is 3.88. The van der Waals surface area contributed by atoms with Gasteiger partial charge >= 0.3 is 6.09 Å².